The first-order chi connectivity index (χ1) is 9.51. The van der Waals surface area contributed by atoms with Gasteiger partial charge in [0.15, 0.2) is 5.76 Å². The largest absolute Gasteiger partial charge is 0.433 e. The molecule has 2 aromatic rings. The number of aryl methyl sites for hydroxylation is 1. The molecule has 1 aromatic carbocycles. The Bertz CT molecular complexity index is 663. The average molecular weight is 276 g/mol. The molecule has 1 aromatic heterocycles. The van der Waals surface area contributed by atoms with Gasteiger partial charge in [-0.25, -0.2) is 0 Å². The number of furan rings is 1. The van der Waals surface area contributed by atoms with Crippen molar-refractivity contribution in [3.05, 3.63) is 57.3 Å². The summed E-state index contributed by atoms with van der Waals surface area (Å²) >= 11 is 0. The summed E-state index contributed by atoms with van der Waals surface area (Å²) in [5.41, 5.74) is 1.97. The van der Waals surface area contributed by atoms with Crippen LogP contribution < -0.4 is 5.32 Å². The summed E-state index contributed by atoms with van der Waals surface area (Å²) < 4.78 is 4.82. The number of carbonyl (C=O) groups excluding carboxylic acids is 1. The lowest BCUT2D eigenvalue weighted by Crippen LogP contribution is -2.12. The van der Waals surface area contributed by atoms with E-state index in [1.807, 2.05) is 0 Å². The quantitative estimate of drug-likeness (QED) is 0.658. The van der Waals surface area contributed by atoms with Gasteiger partial charge in [-0.3, -0.25) is 14.9 Å². The maximum atomic E-state index is 11.9. The lowest BCUT2D eigenvalue weighted by Gasteiger charge is -2.08. The van der Waals surface area contributed by atoms with Crippen LogP contribution in [0.5, 0.6) is 0 Å². The first-order valence-corrected chi connectivity index (χ1v) is 5.77. The van der Waals surface area contributed by atoms with Crippen LogP contribution in [0.25, 0.3) is 0 Å². The van der Waals surface area contributed by atoms with E-state index in [4.69, 9.17) is 9.52 Å². The second-order valence-corrected chi connectivity index (χ2v) is 4.16. The number of hydrogen-bond donors (Lipinski definition) is 2. The van der Waals surface area contributed by atoms with Crippen molar-refractivity contribution in [2.75, 3.05) is 5.32 Å². The summed E-state index contributed by atoms with van der Waals surface area (Å²) in [5, 5.41) is 22.1. The predicted molar refractivity (Wildman–Crippen MR) is 70.4 cm³/mol. The number of aliphatic hydroxyl groups excluding tert-OH is 1. The van der Waals surface area contributed by atoms with E-state index in [0.29, 0.717) is 11.3 Å². The number of hydrogen-bond acceptors (Lipinski definition) is 5. The summed E-state index contributed by atoms with van der Waals surface area (Å²) in [7, 11) is 0. The van der Waals surface area contributed by atoms with Gasteiger partial charge >= 0.3 is 5.88 Å². The van der Waals surface area contributed by atoms with Crippen LogP contribution in [0.2, 0.25) is 0 Å². The smallest absolute Gasteiger partial charge is 0.395 e. The number of nitro groups is 1. The molecule has 1 heterocycles. The fourth-order valence-electron chi connectivity index (χ4n) is 1.63. The predicted octanol–water partition coefficient (Wildman–Crippen LogP) is 2.24. The molecule has 0 bridgehead atoms. The number of aliphatic hydroxyl groups is 1. The van der Waals surface area contributed by atoms with Gasteiger partial charge in [0.2, 0.25) is 0 Å². The molecule has 0 saturated carbocycles. The lowest BCUT2D eigenvalue weighted by atomic mass is 10.1. The Morgan fingerprint density at radius 1 is 1.40 bits per heavy atom. The number of amides is 1. The fourth-order valence-corrected chi connectivity index (χ4v) is 1.63. The molecule has 7 heteroatoms. The first-order valence-electron chi connectivity index (χ1n) is 5.77. The summed E-state index contributed by atoms with van der Waals surface area (Å²) in [5.74, 6) is -1.22. The van der Waals surface area contributed by atoms with Crippen LogP contribution in [0.3, 0.4) is 0 Å². The van der Waals surface area contributed by atoms with E-state index in [-0.39, 0.29) is 12.4 Å². The van der Waals surface area contributed by atoms with Crippen molar-refractivity contribution in [1.82, 2.24) is 0 Å². The molecule has 0 radical (unpaired) electrons. The van der Waals surface area contributed by atoms with Crippen LogP contribution in [-0.2, 0) is 6.61 Å². The molecule has 0 fully saturated rings. The number of rotatable bonds is 4. The Morgan fingerprint density at radius 3 is 2.75 bits per heavy atom. The third-order valence-corrected chi connectivity index (χ3v) is 2.73. The van der Waals surface area contributed by atoms with Crippen LogP contribution in [0.4, 0.5) is 11.6 Å². The van der Waals surface area contributed by atoms with Gasteiger partial charge in [0.25, 0.3) is 5.91 Å². The van der Waals surface area contributed by atoms with Gasteiger partial charge in [0.05, 0.1) is 12.7 Å². The van der Waals surface area contributed by atoms with Crippen molar-refractivity contribution in [1.29, 1.82) is 0 Å². The molecule has 0 aliphatic rings. The molecule has 0 unspecified atom stereocenters. The Hall–Kier alpha value is -2.67. The van der Waals surface area contributed by atoms with Crippen LogP contribution in [0, 0.1) is 17.0 Å². The minimum atomic E-state index is -0.714. The molecular formula is C13H12N2O5. The SMILES string of the molecule is Cc1ccc(CO)cc1NC(=O)c1ccc([N+](=O)[O-])o1. The molecule has 0 spiro atoms. The van der Waals surface area contributed by atoms with Gasteiger partial charge in [-0.2, -0.15) is 0 Å². The summed E-state index contributed by atoms with van der Waals surface area (Å²) in [6, 6.07) is 7.48. The van der Waals surface area contributed by atoms with E-state index in [0.717, 1.165) is 11.6 Å². The Kier molecular flexibility index (Phi) is 3.81. The number of benzene rings is 1. The molecule has 20 heavy (non-hydrogen) atoms. The minimum Gasteiger partial charge on any atom is -0.395 e. The highest BCUT2D eigenvalue weighted by atomic mass is 16.6. The Labute approximate surface area is 114 Å². The fraction of sp³-hybridized carbons (Fsp3) is 0.154. The zero-order valence-corrected chi connectivity index (χ0v) is 10.6. The second kappa shape index (κ2) is 5.54. The Morgan fingerprint density at radius 2 is 2.15 bits per heavy atom. The Balaban J connectivity index is 2.20. The molecule has 0 atom stereocenters. The topological polar surface area (TPSA) is 106 Å². The van der Waals surface area contributed by atoms with Crippen LogP contribution in [0.15, 0.2) is 34.7 Å². The molecule has 0 aliphatic heterocycles. The minimum absolute atomic E-state index is 0.143. The van der Waals surface area contributed by atoms with Gasteiger partial charge < -0.3 is 14.8 Å². The van der Waals surface area contributed by atoms with Crippen molar-refractivity contribution in [3.63, 3.8) is 0 Å². The summed E-state index contributed by atoms with van der Waals surface area (Å²) in [6.45, 7) is 1.65. The maximum absolute atomic E-state index is 11.9. The molecular weight excluding hydrogens is 264 g/mol. The average Bonchev–Trinajstić information content (AvgIpc) is 2.91. The van der Waals surface area contributed by atoms with Crippen LogP contribution in [0.1, 0.15) is 21.7 Å². The highest BCUT2D eigenvalue weighted by Crippen LogP contribution is 2.20. The number of nitrogens with one attached hydrogen (secondary N) is 1. The summed E-state index contributed by atoms with van der Waals surface area (Å²) in [6.07, 6.45) is 0. The molecule has 104 valence electrons. The normalized spacial score (nSPS) is 10.3. The molecule has 0 aliphatic carbocycles. The highest BCUT2D eigenvalue weighted by molar-refractivity contribution is 6.02. The van der Waals surface area contributed by atoms with E-state index in [1.165, 1.54) is 6.07 Å². The molecule has 2 N–H and O–H groups in total. The third kappa shape index (κ3) is 2.83. The van der Waals surface area contributed by atoms with E-state index in [9.17, 15) is 14.9 Å². The monoisotopic (exact) mass is 276 g/mol. The molecule has 7 nitrogen and oxygen atoms in total. The highest BCUT2D eigenvalue weighted by Gasteiger charge is 2.17. The first kappa shape index (κ1) is 13.8. The van der Waals surface area contributed by atoms with Crippen molar-refractivity contribution in [2.24, 2.45) is 0 Å². The summed E-state index contributed by atoms with van der Waals surface area (Å²) in [4.78, 5) is 21.7. The van der Waals surface area contributed by atoms with Gasteiger partial charge in [-0.05, 0) is 30.2 Å². The van der Waals surface area contributed by atoms with Crippen LogP contribution in [-0.4, -0.2) is 15.9 Å². The van der Waals surface area contributed by atoms with Crippen molar-refractivity contribution in [2.45, 2.75) is 13.5 Å². The number of carbonyl (C=O) groups is 1. The van der Waals surface area contributed by atoms with Gasteiger partial charge in [-0.15, -0.1) is 0 Å². The number of anilines is 1. The zero-order chi connectivity index (χ0) is 14.7. The van der Waals surface area contributed by atoms with E-state index < -0.39 is 16.7 Å². The molecule has 0 saturated heterocycles. The zero-order valence-electron chi connectivity index (χ0n) is 10.6. The third-order valence-electron chi connectivity index (χ3n) is 2.73. The molecule has 2 rings (SSSR count). The van der Waals surface area contributed by atoms with Gasteiger partial charge in [-0.1, -0.05) is 12.1 Å². The van der Waals surface area contributed by atoms with E-state index in [2.05, 4.69) is 5.32 Å². The van der Waals surface area contributed by atoms with Crippen molar-refractivity contribution < 1.29 is 19.2 Å². The standard InChI is InChI=1S/C13H12N2O5/c1-8-2-3-9(7-16)6-10(8)14-13(17)11-4-5-12(20-11)15(18)19/h2-6,16H,7H2,1H3,(H,14,17). The number of nitrogens with zero attached hydrogens (tertiary/aromatic N) is 1. The van der Waals surface area contributed by atoms with E-state index in [1.54, 1.807) is 25.1 Å². The van der Waals surface area contributed by atoms with Crippen molar-refractivity contribution in [3.8, 4) is 0 Å². The van der Waals surface area contributed by atoms with Gasteiger partial charge in [0.1, 0.15) is 4.92 Å². The maximum Gasteiger partial charge on any atom is 0.433 e. The van der Waals surface area contributed by atoms with Crippen LogP contribution >= 0.6 is 0 Å². The molecule has 1 amide bonds. The lowest BCUT2D eigenvalue weighted by molar-refractivity contribution is -0.402. The van der Waals surface area contributed by atoms with E-state index >= 15 is 0 Å². The van der Waals surface area contributed by atoms with Crippen molar-refractivity contribution >= 4 is 17.5 Å². The second-order valence-electron chi connectivity index (χ2n) is 4.16. The van der Waals surface area contributed by atoms with Gasteiger partial charge in [0, 0.05) is 5.69 Å².